The monoisotopic (exact) mass is 367 g/mol. The van der Waals surface area contributed by atoms with Crippen molar-refractivity contribution >= 4 is 11.8 Å². The lowest BCUT2D eigenvalue weighted by Crippen LogP contribution is -2.49. The summed E-state index contributed by atoms with van der Waals surface area (Å²) in [4.78, 5) is 4.77. The molecule has 0 amide bonds. The second kappa shape index (κ2) is 11.8. The van der Waals surface area contributed by atoms with Gasteiger partial charge in [0.1, 0.15) is 18.5 Å². The molecular formula is C19H33N3O2S. The van der Waals surface area contributed by atoms with Crippen LogP contribution in [0.3, 0.4) is 0 Å². The maximum atomic E-state index is 10.3. The summed E-state index contributed by atoms with van der Waals surface area (Å²) in [6, 6.07) is 8.12. The summed E-state index contributed by atoms with van der Waals surface area (Å²) in [5.74, 6) is 1.95. The summed E-state index contributed by atoms with van der Waals surface area (Å²) in [7, 11) is 0. The molecule has 0 saturated carbocycles. The highest BCUT2D eigenvalue weighted by Crippen LogP contribution is 2.14. The third-order valence-electron chi connectivity index (χ3n) is 4.53. The average Bonchev–Trinajstić information content (AvgIpc) is 2.65. The molecule has 1 aliphatic rings. The van der Waals surface area contributed by atoms with E-state index in [-0.39, 0.29) is 0 Å². The molecule has 1 heterocycles. The number of ether oxygens (including phenoxy) is 1. The first-order valence-electron chi connectivity index (χ1n) is 9.25. The molecule has 1 aliphatic heterocycles. The smallest absolute Gasteiger partial charge is 0.119 e. The third kappa shape index (κ3) is 7.96. The van der Waals surface area contributed by atoms with Crippen molar-refractivity contribution in [3.8, 4) is 5.75 Å². The van der Waals surface area contributed by atoms with Gasteiger partial charge in [-0.3, -0.25) is 4.90 Å². The van der Waals surface area contributed by atoms with E-state index < -0.39 is 6.10 Å². The molecule has 2 rings (SSSR count). The van der Waals surface area contributed by atoms with Gasteiger partial charge in [-0.15, -0.1) is 0 Å². The van der Waals surface area contributed by atoms with Crippen molar-refractivity contribution in [2.75, 3.05) is 64.4 Å². The lowest BCUT2D eigenvalue weighted by molar-refractivity contribution is 0.0471. The maximum Gasteiger partial charge on any atom is 0.119 e. The number of aliphatic hydroxyl groups excluding tert-OH is 1. The standard InChI is InChI=1S/C19H33N3O2S/c1-3-21-8-10-22(11-9-21)15-18(23)16-24-19-6-4-5-17(13-19)14-20-7-12-25-2/h4-6,13,18,20,23H,3,7-12,14-16H2,1-2H3. The van der Waals surface area contributed by atoms with Crippen LogP contribution in [0.1, 0.15) is 12.5 Å². The second-order valence-electron chi connectivity index (χ2n) is 6.52. The van der Waals surface area contributed by atoms with Gasteiger partial charge in [-0.25, -0.2) is 0 Å². The fourth-order valence-corrected chi connectivity index (χ4v) is 3.33. The molecule has 1 unspecified atom stereocenters. The van der Waals surface area contributed by atoms with Gasteiger partial charge in [0.25, 0.3) is 0 Å². The number of piperazine rings is 1. The van der Waals surface area contributed by atoms with Crippen LogP contribution in [0.2, 0.25) is 0 Å². The quantitative estimate of drug-likeness (QED) is 0.578. The van der Waals surface area contributed by atoms with E-state index in [1.54, 1.807) is 0 Å². The molecule has 5 nitrogen and oxygen atoms in total. The largest absolute Gasteiger partial charge is 0.491 e. The van der Waals surface area contributed by atoms with Crippen LogP contribution >= 0.6 is 11.8 Å². The SMILES string of the molecule is CCN1CCN(CC(O)COc2cccc(CNCCSC)c2)CC1. The molecule has 0 spiro atoms. The molecule has 2 N–H and O–H groups in total. The van der Waals surface area contributed by atoms with Crippen molar-refractivity contribution in [3.63, 3.8) is 0 Å². The molecule has 1 aromatic carbocycles. The Morgan fingerprint density at radius 1 is 1.24 bits per heavy atom. The molecule has 1 aromatic rings. The number of hydrogen-bond donors (Lipinski definition) is 2. The van der Waals surface area contributed by atoms with Gasteiger partial charge in [0.05, 0.1) is 0 Å². The Bertz CT molecular complexity index is 481. The number of aliphatic hydroxyl groups is 1. The Hall–Kier alpha value is -0.790. The van der Waals surface area contributed by atoms with Crippen molar-refractivity contribution in [1.29, 1.82) is 0 Å². The van der Waals surface area contributed by atoms with Crippen LogP contribution < -0.4 is 10.1 Å². The van der Waals surface area contributed by atoms with Gasteiger partial charge in [0.15, 0.2) is 0 Å². The lowest BCUT2D eigenvalue weighted by Gasteiger charge is -2.34. The Morgan fingerprint density at radius 3 is 2.72 bits per heavy atom. The molecule has 25 heavy (non-hydrogen) atoms. The number of benzene rings is 1. The number of nitrogens with zero attached hydrogens (tertiary/aromatic N) is 2. The van der Waals surface area contributed by atoms with Crippen molar-refractivity contribution in [2.45, 2.75) is 19.6 Å². The molecule has 0 aliphatic carbocycles. The van der Waals surface area contributed by atoms with E-state index in [1.165, 1.54) is 5.56 Å². The van der Waals surface area contributed by atoms with Gasteiger partial charge in [0, 0.05) is 51.6 Å². The molecule has 6 heteroatoms. The van der Waals surface area contributed by atoms with E-state index in [0.717, 1.165) is 57.3 Å². The van der Waals surface area contributed by atoms with Gasteiger partial charge >= 0.3 is 0 Å². The van der Waals surface area contributed by atoms with Crippen LogP contribution in [0.15, 0.2) is 24.3 Å². The van der Waals surface area contributed by atoms with Gasteiger partial charge in [0.2, 0.25) is 0 Å². The van der Waals surface area contributed by atoms with Crippen molar-refractivity contribution in [1.82, 2.24) is 15.1 Å². The van der Waals surface area contributed by atoms with E-state index in [1.807, 2.05) is 23.9 Å². The van der Waals surface area contributed by atoms with Crippen LogP contribution in [0, 0.1) is 0 Å². The van der Waals surface area contributed by atoms with Crippen molar-refractivity contribution < 1.29 is 9.84 Å². The molecular weight excluding hydrogens is 334 g/mol. The summed E-state index contributed by atoms with van der Waals surface area (Å²) < 4.78 is 5.80. The second-order valence-corrected chi connectivity index (χ2v) is 7.50. The zero-order valence-corrected chi connectivity index (χ0v) is 16.4. The van der Waals surface area contributed by atoms with Gasteiger partial charge < -0.3 is 20.1 Å². The fourth-order valence-electron chi connectivity index (χ4n) is 2.98. The first-order valence-corrected chi connectivity index (χ1v) is 10.6. The molecule has 1 atom stereocenters. The summed E-state index contributed by atoms with van der Waals surface area (Å²) in [6.45, 7) is 10.4. The first kappa shape index (κ1) is 20.5. The number of rotatable bonds is 11. The minimum atomic E-state index is -0.448. The van der Waals surface area contributed by atoms with E-state index in [9.17, 15) is 5.11 Å². The fraction of sp³-hybridized carbons (Fsp3) is 0.684. The van der Waals surface area contributed by atoms with Crippen molar-refractivity contribution in [2.24, 2.45) is 0 Å². The number of β-amino-alcohol motifs (C(OH)–C–C–N with tert-alkyl or cyclic N) is 1. The Labute approximate surface area is 156 Å². The van der Waals surface area contributed by atoms with Crippen LogP contribution in [-0.4, -0.2) is 85.4 Å². The predicted molar refractivity (Wildman–Crippen MR) is 107 cm³/mol. The minimum absolute atomic E-state index is 0.345. The zero-order chi connectivity index (χ0) is 17.9. The molecule has 0 bridgehead atoms. The summed E-state index contributed by atoms with van der Waals surface area (Å²) in [6.07, 6.45) is 1.67. The third-order valence-corrected chi connectivity index (χ3v) is 5.15. The van der Waals surface area contributed by atoms with Crippen LogP contribution in [0.5, 0.6) is 5.75 Å². The van der Waals surface area contributed by atoms with E-state index >= 15 is 0 Å². The Morgan fingerprint density at radius 2 is 2.00 bits per heavy atom. The molecule has 0 radical (unpaired) electrons. The molecule has 1 saturated heterocycles. The number of likely N-dealkylation sites (N-methyl/N-ethyl adjacent to an activating group) is 1. The number of nitrogens with one attached hydrogen (secondary N) is 1. The average molecular weight is 368 g/mol. The Kier molecular flexibility index (Phi) is 9.65. The highest BCUT2D eigenvalue weighted by molar-refractivity contribution is 7.98. The predicted octanol–water partition coefficient (Wildman–Crippen LogP) is 1.52. The van der Waals surface area contributed by atoms with Gasteiger partial charge in [-0.2, -0.15) is 11.8 Å². The maximum absolute atomic E-state index is 10.3. The molecule has 0 aromatic heterocycles. The highest BCUT2D eigenvalue weighted by atomic mass is 32.2. The molecule has 142 valence electrons. The number of thioether (sulfide) groups is 1. The Balaban J connectivity index is 1.68. The summed E-state index contributed by atoms with van der Waals surface area (Å²) in [5, 5.41) is 13.7. The van der Waals surface area contributed by atoms with E-state index in [0.29, 0.717) is 13.2 Å². The summed E-state index contributed by atoms with van der Waals surface area (Å²) in [5.41, 5.74) is 1.21. The van der Waals surface area contributed by atoms with E-state index in [4.69, 9.17) is 4.74 Å². The topological polar surface area (TPSA) is 48.0 Å². The summed E-state index contributed by atoms with van der Waals surface area (Å²) >= 11 is 1.85. The lowest BCUT2D eigenvalue weighted by atomic mass is 10.2. The van der Waals surface area contributed by atoms with Gasteiger partial charge in [-0.05, 0) is 30.5 Å². The van der Waals surface area contributed by atoms with Crippen LogP contribution in [0.25, 0.3) is 0 Å². The van der Waals surface area contributed by atoms with Crippen LogP contribution in [-0.2, 0) is 6.54 Å². The minimum Gasteiger partial charge on any atom is -0.491 e. The van der Waals surface area contributed by atoms with Crippen LogP contribution in [0.4, 0.5) is 0 Å². The van der Waals surface area contributed by atoms with E-state index in [2.05, 4.69) is 40.4 Å². The molecule has 1 fully saturated rings. The van der Waals surface area contributed by atoms with Crippen molar-refractivity contribution in [3.05, 3.63) is 29.8 Å². The highest BCUT2D eigenvalue weighted by Gasteiger charge is 2.18. The first-order chi connectivity index (χ1) is 12.2. The van der Waals surface area contributed by atoms with Gasteiger partial charge in [-0.1, -0.05) is 19.1 Å². The normalized spacial score (nSPS) is 17.6. The zero-order valence-electron chi connectivity index (χ0n) is 15.6. The number of hydrogen-bond acceptors (Lipinski definition) is 6.